The van der Waals surface area contributed by atoms with Gasteiger partial charge in [0.2, 0.25) is 0 Å². The van der Waals surface area contributed by atoms with E-state index in [1.54, 1.807) is 6.07 Å². The summed E-state index contributed by atoms with van der Waals surface area (Å²) in [5.41, 5.74) is 1.02. The molecule has 16 heavy (non-hydrogen) atoms. The summed E-state index contributed by atoms with van der Waals surface area (Å²) in [6, 6.07) is 5.84. The Hall–Kier alpha value is -0.280. The molecule has 1 fully saturated rings. The van der Waals surface area contributed by atoms with Crippen molar-refractivity contribution in [3.05, 3.63) is 33.8 Å². The Morgan fingerprint density at radius 1 is 1.44 bits per heavy atom. The maximum Gasteiger partial charge on any atom is 0.0771 e. The Bertz CT molecular complexity index is 364. The minimum Gasteiger partial charge on any atom is -0.376 e. The van der Waals surface area contributed by atoms with Crippen molar-refractivity contribution in [2.24, 2.45) is 0 Å². The molecule has 1 N–H and O–H groups in total. The highest BCUT2D eigenvalue weighted by atomic mass is 35.5. The summed E-state index contributed by atoms with van der Waals surface area (Å²) in [5.74, 6) is 0. The van der Waals surface area contributed by atoms with Crippen LogP contribution in [-0.4, -0.2) is 19.8 Å². The molecule has 2 atom stereocenters. The summed E-state index contributed by atoms with van der Waals surface area (Å²) in [5, 5.41) is 4.48. The van der Waals surface area contributed by atoms with Crippen molar-refractivity contribution in [3.8, 4) is 0 Å². The lowest BCUT2D eigenvalue weighted by atomic mass is 9.99. The maximum atomic E-state index is 6.22. The zero-order chi connectivity index (χ0) is 11.5. The van der Waals surface area contributed by atoms with Gasteiger partial charge in [-0.2, -0.15) is 0 Å². The summed E-state index contributed by atoms with van der Waals surface area (Å²) in [7, 11) is 1.92. The van der Waals surface area contributed by atoms with Crippen LogP contribution in [0.5, 0.6) is 0 Å². The number of benzene rings is 1. The molecular formula is C12H15Cl2NO. The maximum absolute atomic E-state index is 6.22. The summed E-state index contributed by atoms with van der Waals surface area (Å²) in [6.45, 7) is 0.834. The van der Waals surface area contributed by atoms with E-state index >= 15 is 0 Å². The van der Waals surface area contributed by atoms with E-state index in [0.717, 1.165) is 25.0 Å². The van der Waals surface area contributed by atoms with E-state index in [4.69, 9.17) is 27.9 Å². The summed E-state index contributed by atoms with van der Waals surface area (Å²) in [4.78, 5) is 0. The number of likely N-dealkylation sites (N-methyl/N-ethyl adjacent to an activating group) is 1. The molecule has 0 aliphatic carbocycles. The first kappa shape index (κ1) is 12.2. The van der Waals surface area contributed by atoms with Crippen LogP contribution < -0.4 is 5.32 Å². The Labute approximate surface area is 106 Å². The number of nitrogens with one attached hydrogen (secondary N) is 1. The van der Waals surface area contributed by atoms with Gasteiger partial charge in [0.05, 0.1) is 22.2 Å². The lowest BCUT2D eigenvalue weighted by Gasteiger charge is -2.24. The summed E-state index contributed by atoms with van der Waals surface area (Å²) >= 11 is 12.2. The van der Waals surface area contributed by atoms with Crippen LogP contribution in [-0.2, 0) is 4.74 Å². The minimum absolute atomic E-state index is 0.119. The number of halogens is 2. The van der Waals surface area contributed by atoms with Gasteiger partial charge in [0.15, 0.2) is 0 Å². The van der Waals surface area contributed by atoms with Crippen LogP contribution in [0.15, 0.2) is 18.2 Å². The predicted octanol–water partition coefficient (Wildman–Crippen LogP) is 3.43. The van der Waals surface area contributed by atoms with E-state index in [1.807, 2.05) is 19.2 Å². The number of rotatable bonds is 3. The molecular weight excluding hydrogens is 245 g/mol. The first-order valence-corrected chi connectivity index (χ1v) is 6.22. The molecule has 1 aliphatic rings. The molecule has 0 radical (unpaired) electrons. The van der Waals surface area contributed by atoms with Crippen molar-refractivity contribution in [1.82, 2.24) is 5.32 Å². The number of ether oxygens (including phenoxy) is 1. The van der Waals surface area contributed by atoms with Gasteiger partial charge in [0.25, 0.3) is 0 Å². The van der Waals surface area contributed by atoms with Crippen molar-refractivity contribution in [2.45, 2.75) is 25.0 Å². The van der Waals surface area contributed by atoms with Crippen molar-refractivity contribution < 1.29 is 4.74 Å². The monoisotopic (exact) mass is 259 g/mol. The minimum atomic E-state index is 0.119. The quantitative estimate of drug-likeness (QED) is 0.898. The third-order valence-electron chi connectivity index (χ3n) is 2.96. The van der Waals surface area contributed by atoms with E-state index in [-0.39, 0.29) is 12.1 Å². The Balaban J connectivity index is 2.28. The van der Waals surface area contributed by atoms with Crippen LogP contribution in [0.1, 0.15) is 24.4 Å². The lowest BCUT2D eigenvalue weighted by molar-refractivity contribution is 0.0808. The average molecular weight is 260 g/mol. The Morgan fingerprint density at radius 2 is 2.25 bits per heavy atom. The summed E-state index contributed by atoms with van der Waals surface area (Å²) < 4.78 is 5.69. The van der Waals surface area contributed by atoms with Crippen molar-refractivity contribution in [1.29, 1.82) is 0 Å². The first-order valence-electron chi connectivity index (χ1n) is 5.47. The van der Waals surface area contributed by atoms with Gasteiger partial charge in [-0.25, -0.2) is 0 Å². The highest BCUT2D eigenvalue weighted by Crippen LogP contribution is 2.34. The topological polar surface area (TPSA) is 21.3 Å². The third kappa shape index (κ3) is 2.35. The molecule has 2 rings (SSSR count). The normalized spacial score (nSPS) is 22.3. The molecule has 2 unspecified atom stereocenters. The van der Waals surface area contributed by atoms with E-state index in [1.165, 1.54) is 0 Å². The van der Waals surface area contributed by atoms with E-state index < -0.39 is 0 Å². The van der Waals surface area contributed by atoms with Crippen molar-refractivity contribution in [2.75, 3.05) is 13.7 Å². The van der Waals surface area contributed by atoms with Gasteiger partial charge in [-0.15, -0.1) is 0 Å². The molecule has 88 valence electrons. The zero-order valence-electron chi connectivity index (χ0n) is 9.17. The largest absolute Gasteiger partial charge is 0.376 e. The van der Waals surface area contributed by atoms with Crippen LogP contribution in [0.2, 0.25) is 10.0 Å². The van der Waals surface area contributed by atoms with Gasteiger partial charge in [0.1, 0.15) is 0 Å². The molecule has 0 amide bonds. The Kier molecular flexibility index (Phi) is 4.09. The molecule has 0 spiro atoms. The molecule has 4 heteroatoms. The van der Waals surface area contributed by atoms with Gasteiger partial charge >= 0.3 is 0 Å². The smallest absolute Gasteiger partial charge is 0.0771 e. The SMILES string of the molecule is CNC(c1cccc(Cl)c1Cl)C1CCCO1. The van der Waals surface area contributed by atoms with Gasteiger partial charge in [-0.1, -0.05) is 35.3 Å². The summed E-state index contributed by atoms with van der Waals surface area (Å²) in [6.07, 6.45) is 2.37. The first-order chi connectivity index (χ1) is 7.74. The van der Waals surface area contributed by atoms with Crippen LogP contribution >= 0.6 is 23.2 Å². The highest BCUT2D eigenvalue weighted by Gasteiger charge is 2.27. The lowest BCUT2D eigenvalue weighted by Crippen LogP contribution is -2.29. The molecule has 1 aliphatic heterocycles. The molecule has 1 aromatic carbocycles. The van der Waals surface area contributed by atoms with Gasteiger partial charge < -0.3 is 10.1 Å². The predicted molar refractivity (Wildman–Crippen MR) is 67.2 cm³/mol. The van der Waals surface area contributed by atoms with Crippen molar-refractivity contribution in [3.63, 3.8) is 0 Å². The average Bonchev–Trinajstić information content (AvgIpc) is 2.79. The molecule has 0 aromatic heterocycles. The van der Waals surface area contributed by atoms with Gasteiger partial charge in [0, 0.05) is 6.61 Å². The second-order valence-electron chi connectivity index (χ2n) is 3.96. The molecule has 0 saturated carbocycles. The van der Waals surface area contributed by atoms with Crippen LogP contribution in [0, 0.1) is 0 Å². The molecule has 2 nitrogen and oxygen atoms in total. The van der Waals surface area contributed by atoms with Crippen LogP contribution in [0.3, 0.4) is 0 Å². The fourth-order valence-corrected chi connectivity index (χ4v) is 2.59. The van der Waals surface area contributed by atoms with Crippen LogP contribution in [0.4, 0.5) is 0 Å². The molecule has 1 aromatic rings. The van der Waals surface area contributed by atoms with E-state index in [9.17, 15) is 0 Å². The third-order valence-corrected chi connectivity index (χ3v) is 3.80. The highest BCUT2D eigenvalue weighted by molar-refractivity contribution is 6.42. The second kappa shape index (κ2) is 5.37. The number of hydrogen-bond donors (Lipinski definition) is 1. The van der Waals surface area contributed by atoms with E-state index in [0.29, 0.717) is 10.0 Å². The second-order valence-corrected chi connectivity index (χ2v) is 4.75. The van der Waals surface area contributed by atoms with Gasteiger partial charge in [-0.05, 0) is 31.5 Å². The van der Waals surface area contributed by atoms with E-state index in [2.05, 4.69) is 5.32 Å². The zero-order valence-corrected chi connectivity index (χ0v) is 10.7. The van der Waals surface area contributed by atoms with Gasteiger partial charge in [-0.3, -0.25) is 0 Å². The van der Waals surface area contributed by atoms with Crippen LogP contribution in [0.25, 0.3) is 0 Å². The molecule has 0 bridgehead atoms. The Morgan fingerprint density at radius 3 is 2.88 bits per heavy atom. The fraction of sp³-hybridized carbons (Fsp3) is 0.500. The fourth-order valence-electron chi connectivity index (χ4n) is 2.17. The standard InChI is InChI=1S/C12H15Cl2NO/c1-15-12(10-6-3-7-16-10)8-4-2-5-9(13)11(8)14/h2,4-5,10,12,15H,3,6-7H2,1H3. The molecule has 1 saturated heterocycles. The molecule has 1 heterocycles. The van der Waals surface area contributed by atoms with Crippen molar-refractivity contribution >= 4 is 23.2 Å². The number of hydrogen-bond acceptors (Lipinski definition) is 2.